The second-order valence-electron chi connectivity index (χ2n) is 6.01. The molecule has 3 aromatic heterocycles. The van der Waals surface area contributed by atoms with Crippen molar-refractivity contribution in [2.75, 3.05) is 0 Å². The van der Waals surface area contributed by atoms with Crippen molar-refractivity contribution in [1.29, 1.82) is 0 Å². The summed E-state index contributed by atoms with van der Waals surface area (Å²) >= 11 is 0. The van der Waals surface area contributed by atoms with Gasteiger partial charge in [0.05, 0.1) is 10.9 Å². The molecule has 0 amide bonds. The van der Waals surface area contributed by atoms with Gasteiger partial charge in [0.15, 0.2) is 6.20 Å². The zero-order valence-electron chi connectivity index (χ0n) is 13.8. The van der Waals surface area contributed by atoms with Crippen LogP contribution in [0.5, 0.6) is 0 Å². The van der Waals surface area contributed by atoms with E-state index in [1.807, 2.05) is 24.7 Å². The van der Waals surface area contributed by atoms with Gasteiger partial charge in [0.25, 0.3) is 0 Å². The number of aromatic nitrogens is 3. The van der Waals surface area contributed by atoms with Gasteiger partial charge in [0, 0.05) is 36.4 Å². The SMILES string of the molecule is Cc1cnccc1-c1c2ccc(-c3cccnc3)cc2cc[n+]1C. The van der Waals surface area contributed by atoms with Gasteiger partial charge in [-0.1, -0.05) is 12.1 Å². The molecule has 0 bridgehead atoms. The van der Waals surface area contributed by atoms with E-state index >= 15 is 0 Å². The lowest BCUT2D eigenvalue weighted by Gasteiger charge is -2.09. The van der Waals surface area contributed by atoms with Crippen molar-refractivity contribution < 1.29 is 4.57 Å². The molecule has 4 rings (SSSR count). The van der Waals surface area contributed by atoms with Gasteiger partial charge in [-0.3, -0.25) is 9.97 Å². The minimum atomic E-state index is 1.13. The summed E-state index contributed by atoms with van der Waals surface area (Å²) in [5, 5.41) is 2.46. The molecule has 0 aliphatic carbocycles. The molecule has 3 heteroatoms. The molecule has 0 aliphatic heterocycles. The number of hydrogen-bond donors (Lipinski definition) is 0. The molecule has 116 valence electrons. The first kappa shape index (κ1) is 14.5. The van der Waals surface area contributed by atoms with Crippen LogP contribution in [0.25, 0.3) is 33.2 Å². The smallest absolute Gasteiger partial charge is 0.220 e. The van der Waals surface area contributed by atoms with Crippen molar-refractivity contribution in [3.63, 3.8) is 0 Å². The number of aryl methyl sites for hydroxylation is 2. The molecule has 0 N–H and O–H groups in total. The van der Waals surface area contributed by atoms with E-state index in [9.17, 15) is 0 Å². The maximum absolute atomic E-state index is 4.22. The van der Waals surface area contributed by atoms with E-state index in [0.29, 0.717) is 0 Å². The average Bonchev–Trinajstić information content (AvgIpc) is 2.63. The van der Waals surface area contributed by atoms with Crippen molar-refractivity contribution in [2.24, 2.45) is 7.05 Å². The predicted molar refractivity (Wildman–Crippen MR) is 96.3 cm³/mol. The standard InChI is InChI=1S/C21H18N3/c1-15-13-23-10-7-19(15)21-20-6-5-16(18-4-3-9-22-14-18)12-17(20)8-11-24(21)2/h3-14H,1-2H3/q+1. The van der Waals surface area contributed by atoms with Crippen LogP contribution in [0.1, 0.15) is 5.56 Å². The normalized spacial score (nSPS) is 10.9. The predicted octanol–water partition coefficient (Wildman–Crippen LogP) is 4.10. The molecule has 0 saturated heterocycles. The van der Waals surface area contributed by atoms with Crippen LogP contribution < -0.4 is 4.57 Å². The van der Waals surface area contributed by atoms with Crippen molar-refractivity contribution in [3.8, 4) is 22.4 Å². The zero-order valence-corrected chi connectivity index (χ0v) is 13.8. The lowest BCUT2D eigenvalue weighted by Crippen LogP contribution is -2.30. The van der Waals surface area contributed by atoms with Crippen LogP contribution in [0, 0.1) is 6.92 Å². The van der Waals surface area contributed by atoms with Gasteiger partial charge in [-0.2, -0.15) is 0 Å². The van der Waals surface area contributed by atoms with Crippen LogP contribution in [-0.2, 0) is 7.05 Å². The topological polar surface area (TPSA) is 29.7 Å². The number of rotatable bonds is 2. The van der Waals surface area contributed by atoms with Gasteiger partial charge >= 0.3 is 0 Å². The van der Waals surface area contributed by atoms with E-state index in [2.05, 4.69) is 71.1 Å². The summed E-state index contributed by atoms with van der Waals surface area (Å²) in [4.78, 5) is 8.44. The number of fused-ring (bicyclic) bond motifs is 1. The van der Waals surface area contributed by atoms with E-state index < -0.39 is 0 Å². The van der Waals surface area contributed by atoms with Gasteiger partial charge in [0.2, 0.25) is 5.69 Å². The highest BCUT2D eigenvalue weighted by Crippen LogP contribution is 2.30. The van der Waals surface area contributed by atoms with Gasteiger partial charge in [0.1, 0.15) is 7.05 Å². The summed E-state index contributed by atoms with van der Waals surface area (Å²) in [6.45, 7) is 2.10. The Morgan fingerprint density at radius 3 is 2.54 bits per heavy atom. The second-order valence-corrected chi connectivity index (χ2v) is 6.01. The second kappa shape index (κ2) is 5.85. The number of pyridine rings is 3. The van der Waals surface area contributed by atoms with Crippen LogP contribution >= 0.6 is 0 Å². The van der Waals surface area contributed by atoms with Crippen LogP contribution in [-0.4, -0.2) is 9.97 Å². The molecular formula is C21H18N3+. The van der Waals surface area contributed by atoms with Gasteiger partial charge in [-0.05, 0) is 47.7 Å². The first-order valence-corrected chi connectivity index (χ1v) is 7.98. The third-order valence-corrected chi connectivity index (χ3v) is 4.41. The summed E-state index contributed by atoms with van der Waals surface area (Å²) in [6.07, 6.45) is 9.58. The van der Waals surface area contributed by atoms with Crippen LogP contribution in [0.2, 0.25) is 0 Å². The van der Waals surface area contributed by atoms with E-state index in [1.54, 1.807) is 6.20 Å². The molecule has 3 nitrogen and oxygen atoms in total. The molecule has 3 heterocycles. The monoisotopic (exact) mass is 312 g/mol. The molecule has 0 atom stereocenters. The van der Waals surface area contributed by atoms with E-state index in [4.69, 9.17) is 0 Å². The quantitative estimate of drug-likeness (QED) is 0.522. The van der Waals surface area contributed by atoms with Gasteiger partial charge < -0.3 is 0 Å². The van der Waals surface area contributed by atoms with Crippen LogP contribution in [0.4, 0.5) is 0 Å². The first-order valence-electron chi connectivity index (χ1n) is 7.98. The maximum Gasteiger partial charge on any atom is 0.220 e. The Morgan fingerprint density at radius 1 is 0.875 bits per heavy atom. The third-order valence-electron chi connectivity index (χ3n) is 4.41. The molecule has 0 saturated carbocycles. The fraction of sp³-hybridized carbons (Fsp3) is 0.0952. The largest absolute Gasteiger partial charge is 0.264 e. The fourth-order valence-electron chi connectivity index (χ4n) is 3.16. The van der Waals surface area contributed by atoms with Crippen LogP contribution in [0.15, 0.2) is 73.4 Å². The Balaban J connectivity index is 1.96. The van der Waals surface area contributed by atoms with Crippen LogP contribution in [0.3, 0.4) is 0 Å². The molecular weight excluding hydrogens is 294 g/mol. The first-order chi connectivity index (χ1) is 11.7. The Kier molecular flexibility index (Phi) is 3.54. The zero-order chi connectivity index (χ0) is 16.5. The molecule has 0 unspecified atom stereocenters. The Morgan fingerprint density at radius 2 is 1.75 bits per heavy atom. The Bertz CT molecular complexity index is 1020. The maximum atomic E-state index is 4.22. The van der Waals surface area contributed by atoms with E-state index in [-0.39, 0.29) is 0 Å². The molecule has 4 aromatic rings. The number of hydrogen-bond acceptors (Lipinski definition) is 2. The number of nitrogens with zero attached hydrogens (tertiary/aromatic N) is 3. The van der Waals surface area contributed by atoms with E-state index in [1.165, 1.54) is 33.2 Å². The lowest BCUT2D eigenvalue weighted by atomic mass is 9.98. The van der Waals surface area contributed by atoms with Crippen molar-refractivity contribution in [2.45, 2.75) is 6.92 Å². The average molecular weight is 312 g/mol. The summed E-state index contributed by atoms with van der Waals surface area (Å²) in [6, 6.07) is 14.9. The Hall–Kier alpha value is -3.07. The molecule has 0 radical (unpaired) electrons. The van der Waals surface area contributed by atoms with Crippen molar-refractivity contribution in [3.05, 3.63) is 79.0 Å². The minimum Gasteiger partial charge on any atom is -0.264 e. The fourth-order valence-corrected chi connectivity index (χ4v) is 3.16. The summed E-state index contributed by atoms with van der Waals surface area (Å²) in [5.74, 6) is 0. The summed E-state index contributed by atoms with van der Waals surface area (Å²) < 4.78 is 2.18. The molecule has 0 aliphatic rings. The molecule has 24 heavy (non-hydrogen) atoms. The molecule has 0 spiro atoms. The van der Waals surface area contributed by atoms with Crippen molar-refractivity contribution >= 4 is 10.8 Å². The van der Waals surface area contributed by atoms with Gasteiger partial charge in [-0.25, -0.2) is 4.57 Å². The lowest BCUT2D eigenvalue weighted by molar-refractivity contribution is -0.659. The summed E-state index contributed by atoms with van der Waals surface area (Å²) in [5.41, 5.74) is 5.92. The summed E-state index contributed by atoms with van der Waals surface area (Å²) in [7, 11) is 2.09. The van der Waals surface area contributed by atoms with Crippen molar-refractivity contribution in [1.82, 2.24) is 9.97 Å². The molecule has 1 aromatic carbocycles. The Labute approximate surface area is 141 Å². The number of benzene rings is 1. The van der Waals surface area contributed by atoms with E-state index in [0.717, 1.165) is 5.56 Å². The minimum absolute atomic E-state index is 1.13. The third kappa shape index (κ3) is 2.44. The highest BCUT2D eigenvalue weighted by Gasteiger charge is 2.17. The highest BCUT2D eigenvalue weighted by atomic mass is 14.9. The highest BCUT2D eigenvalue weighted by molar-refractivity contribution is 5.95. The molecule has 0 fully saturated rings. The van der Waals surface area contributed by atoms with Gasteiger partial charge in [-0.15, -0.1) is 0 Å².